The molecule has 0 heterocycles. The number of nitrogens with zero attached hydrogens (tertiary/aromatic N) is 1. The van der Waals surface area contributed by atoms with Gasteiger partial charge in [-0.3, -0.25) is 0 Å². The van der Waals surface area contributed by atoms with Gasteiger partial charge in [-0.15, -0.1) is 0 Å². The Hall–Kier alpha value is -0.160. The summed E-state index contributed by atoms with van der Waals surface area (Å²) in [5.41, 5.74) is 0.173. The second kappa shape index (κ2) is 8.86. The molecule has 0 saturated carbocycles. The molecule has 0 aromatic rings. The fraction of sp³-hybridized carbons (Fsp3) is 1.00. The predicted molar refractivity (Wildman–Crippen MR) is 72.3 cm³/mol. The van der Waals surface area contributed by atoms with Crippen molar-refractivity contribution in [3.8, 4) is 0 Å². The summed E-state index contributed by atoms with van der Waals surface area (Å²) >= 11 is 0. The van der Waals surface area contributed by atoms with Crippen LogP contribution in [0.3, 0.4) is 0 Å². The van der Waals surface area contributed by atoms with Crippen LogP contribution in [0.1, 0.15) is 34.1 Å². The number of nitrogens with one attached hydrogen (secondary N) is 1. The van der Waals surface area contributed by atoms with Crippen LogP contribution in [0.2, 0.25) is 0 Å². The summed E-state index contributed by atoms with van der Waals surface area (Å²) in [5, 5.41) is 3.45. The van der Waals surface area contributed by atoms with Gasteiger partial charge in [-0.1, -0.05) is 0 Å². The highest BCUT2D eigenvalue weighted by Crippen LogP contribution is 2.08. The number of hydrogen-bond acceptors (Lipinski definition) is 4. The van der Waals surface area contributed by atoms with E-state index in [0.29, 0.717) is 13.2 Å². The van der Waals surface area contributed by atoms with Crippen LogP contribution in [0, 0.1) is 0 Å². The summed E-state index contributed by atoms with van der Waals surface area (Å²) in [6.45, 7) is 11.7. The molecule has 17 heavy (non-hydrogen) atoms. The van der Waals surface area contributed by atoms with E-state index in [1.54, 1.807) is 0 Å². The van der Waals surface area contributed by atoms with E-state index < -0.39 is 0 Å². The third-order valence-corrected chi connectivity index (χ3v) is 3.03. The molecule has 0 aliphatic rings. The zero-order valence-electron chi connectivity index (χ0n) is 12.4. The Kier molecular flexibility index (Phi) is 8.78. The second-order valence-electron chi connectivity index (χ2n) is 5.01. The average Bonchev–Trinajstić information content (AvgIpc) is 2.24. The first kappa shape index (κ1) is 16.8. The maximum atomic E-state index is 5.49. The lowest BCUT2D eigenvalue weighted by Gasteiger charge is -2.33. The Morgan fingerprint density at radius 1 is 1.12 bits per heavy atom. The molecule has 4 heteroatoms. The first-order chi connectivity index (χ1) is 7.94. The van der Waals surface area contributed by atoms with Crippen molar-refractivity contribution in [1.29, 1.82) is 0 Å². The zero-order chi connectivity index (χ0) is 13.3. The largest absolute Gasteiger partial charge is 0.353 e. The van der Waals surface area contributed by atoms with Gasteiger partial charge < -0.3 is 19.7 Å². The number of rotatable bonds is 10. The lowest BCUT2D eigenvalue weighted by molar-refractivity contribution is -0.138. The van der Waals surface area contributed by atoms with Crippen LogP contribution in [0.4, 0.5) is 0 Å². The van der Waals surface area contributed by atoms with Crippen molar-refractivity contribution in [2.45, 2.75) is 45.9 Å². The fourth-order valence-electron chi connectivity index (χ4n) is 1.36. The highest BCUT2D eigenvalue weighted by atomic mass is 16.7. The molecular weight excluding hydrogens is 216 g/mol. The van der Waals surface area contributed by atoms with E-state index in [9.17, 15) is 0 Å². The quantitative estimate of drug-likeness (QED) is 0.470. The van der Waals surface area contributed by atoms with Crippen LogP contribution < -0.4 is 5.32 Å². The third-order valence-electron chi connectivity index (χ3n) is 3.03. The summed E-state index contributed by atoms with van der Waals surface area (Å²) in [6, 6.07) is 0. The summed E-state index contributed by atoms with van der Waals surface area (Å²) in [6.07, 6.45) is 0.825. The van der Waals surface area contributed by atoms with Gasteiger partial charge in [0.05, 0.1) is 0 Å². The van der Waals surface area contributed by atoms with Gasteiger partial charge in [0.2, 0.25) is 0 Å². The first-order valence-electron chi connectivity index (χ1n) is 6.55. The van der Waals surface area contributed by atoms with Crippen molar-refractivity contribution in [3.63, 3.8) is 0 Å². The minimum absolute atomic E-state index is 0.0695. The smallest absolute Gasteiger partial charge is 0.158 e. The molecule has 1 N–H and O–H groups in total. The van der Waals surface area contributed by atoms with Crippen LogP contribution in [-0.4, -0.2) is 57.1 Å². The predicted octanol–water partition coefficient (Wildman–Crippen LogP) is 1.71. The third kappa shape index (κ3) is 7.71. The molecule has 0 rings (SSSR count). The van der Waals surface area contributed by atoms with Crippen molar-refractivity contribution < 1.29 is 9.47 Å². The van der Waals surface area contributed by atoms with E-state index in [2.05, 4.69) is 38.2 Å². The van der Waals surface area contributed by atoms with E-state index in [4.69, 9.17) is 9.47 Å². The van der Waals surface area contributed by atoms with Gasteiger partial charge >= 0.3 is 0 Å². The summed E-state index contributed by atoms with van der Waals surface area (Å²) in [7, 11) is 4.20. The number of hydrogen-bond donors (Lipinski definition) is 1. The molecule has 0 aliphatic heterocycles. The molecule has 0 aromatic carbocycles. The maximum Gasteiger partial charge on any atom is 0.158 e. The van der Waals surface area contributed by atoms with Crippen molar-refractivity contribution in [3.05, 3.63) is 0 Å². The fourth-order valence-corrected chi connectivity index (χ4v) is 1.36. The Morgan fingerprint density at radius 2 is 1.65 bits per heavy atom. The number of ether oxygens (including phenoxy) is 2. The van der Waals surface area contributed by atoms with Gasteiger partial charge in [0.1, 0.15) is 0 Å². The van der Waals surface area contributed by atoms with E-state index in [0.717, 1.165) is 19.5 Å². The Bertz CT molecular complexity index is 178. The van der Waals surface area contributed by atoms with Crippen LogP contribution in [0.5, 0.6) is 0 Å². The molecule has 0 amide bonds. The van der Waals surface area contributed by atoms with Crippen molar-refractivity contribution in [1.82, 2.24) is 10.2 Å². The molecule has 104 valence electrons. The highest BCUT2D eigenvalue weighted by molar-refractivity contribution is 4.79. The van der Waals surface area contributed by atoms with Crippen molar-refractivity contribution in [2.75, 3.05) is 40.4 Å². The average molecular weight is 246 g/mol. The first-order valence-corrected chi connectivity index (χ1v) is 6.55. The molecule has 0 spiro atoms. The molecule has 0 saturated heterocycles. The van der Waals surface area contributed by atoms with Gasteiger partial charge in [0.25, 0.3) is 0 Å². The molecule has 0 bridgehead atoms. The minimum atomic E-state index is -0.0695. The summed E-state index contributed by atoms with van der Waals surface area (Å²) in [5.74, 6) is 0. The zero-order valence-corrected chi connectivity index (χ0v) is 12.4. The van der Waals surface area contributed by atoms with Gasteiger partial charge in [0, 0.05) is 38.3 Å². The van der Waals surface area contributed by atoms with Gasteiger partial charge in [-0.2, -0.15) is 0 Å². The van der Waals surface area contributed by atoms with Gasteiger partial charge in [0.15, 0.2) is 6.29 Å². The van der Waals surface area contributed by atoms with Crippen LogP contribution in [0.15, 0.2) is 0 Å². The molecule has 0 unspecified atom stereocenters. The van der Waals surface area contributed by atoms with Crippen molar-refractivity contribution in [2.24, 2.45) is 0 Å². The standard InChI is InChI=1S/C13H30N2O2/c1-7-16-12(17-8-2)9-10-14-11-13(3,4)15(5)6/h12,14H,7-11H2,1-6H3. The second-order valence-corrected chi connectivity index (χ2v) is 5.01. The normalized spacial score (nSPS) is 12.7. The molecule has 0 radical (unpaired) electrons. The van der Waals surface area contributed by atoms with E-state index in [1.165, 1.54) is 0 Å². The van der Waals surface area contributed by atoms with E-state index >= 15 is 0 Å². The molecule has 0 atom stereocenters. The van der Waals surface area contributed by atoms with Crippen molar-refractivity contribution >= 4 is 0 Å². The lowest BCUT2D eigenvalue weighted by atomic mass is 10.0. The summed E-state index contributed by atoms with van der Waals surface area (Å²) < 4.78 is 11.0. The van der Waals surface area contributed by atoms with E-state index in [1.807, 2.05) is 13.8 Å². The minimum Gasteiger partial charge on any atom is -0.353 e. The summed E-state index contributed by atoms with van der Waals surface area (Å²) in [4.78, 5) is 2.22. The van der Waals surface area contributed by atoms with Crippen LogP contribution >= 0.6 is 0 Å². The Morgan fingerprint density at radius 3 is 2.06 bits per heavy atom. The van der Waals surface area contributed by atoms with E-state index in [-0.39, 0.29) is 11.8 Å². The maximum absolute atomic E-state index is 5.49. The Balaban J connectivity index is 3.74. The van der Waals surface area contributed by atoms with Crippen LogP contribution in [0.25, 0.3) is 0 Å². The molecule has 0 fully saturated rings. The number of likely N-dealkylation sites (N-methyl/N-ethyl adjacent to an activating group) is 1. The molecule has 4 nitrogen and oxygen atoms in total. The molecular formula is C13H30N2O2. The molecule has 0 aromatic heterocycles. The lowest BCUT2D eigenvalue weighted by Crippen LogP contribution is -2.47. The molecule has 0 aliphatic carbocycles. The monoisotopic (exact) mass is 246 g/mol. The SMILES string of the molecule is CCOC(CCNCC(C)(C)N(C)C)OCC. The topological polar surface area (TPSA) is 33.7 Å². The van der Waals surface area contributed by atoms with Gasteiger partial charge in [-0.25, -0.2) is 0 Å². The Labute approximate surface area is 107 Å². The van der Waals surface area contributed by atoms with Gasteiger partial charge in [-0.05, 0) is 41.8 Å². The highest BCUT2D eigenvalue weighted by Gasteiger charge is 2.19. The van der Waals surface area contributed by atoms with Crippen LogP contribution in [-0.2, 0) is 9.47 Å².